The molecule has 9 heteroatoms. The number of amides is 1. The van der Waals surface area contributed by atoms with Crippen LogP contribution in [0.1, 0.15) is 66.0 Å². The second-order valence-corrected chi connectivity index (χ2v) is 9.54. The number of halogens is 2. The van der Waals surface area contributed by atoms with Crippen LogP contribution in [0.3, 0.4) is 0 Å². The molecule has 1 aromatic carbocycles. The number of nitrogens with zero attached hydrogens (tertiary/aromatic N) is 3. The molecule has 1 unspecified atom stereocenters. The van der Waals surface area contributed by atoms with Gasteiger partial charge < -0.3 is 15.0 Å². The number of anilines is 1. The van der Waals surface area contributed by atoms with Crippen molar-refractivity contribution in [2.24, 2.45) is 0 Å². The number of allylic oxidation sites excluding steroid dienone is 1. The van der Waals surface area contributed by atoms with Crippen LogP contribution >= 0.6 is 23.2 Å². The lowest BCUT2D eigenvalue weighted by atomic mass is 9.94. The number of nitrogens with one attached hydrogen (secondary N) is 1. The molecule has 4 rings (SSSR count). The Morgan fingerprint density at radius 1 is 1.14 bits per heavy atom. The number of benzene rings is 1. The van der Waals surface area contributed by atoms with Gasteiger partial charge >= 0.3 is 0 Å². The van der Waals surface area contributed by atoms with E-state index in [1.165, 1.54) is 0 Å². The van der Waals surface area contributed by atoms with Crippen molar-refractivity contribution in [3.8, 4) is 12.8 Å². The first kappa shape index (κ1) is 31.1. The maximum Gasteiger partial charge on any atom is 0.293 e. The quantitative estimate of drug-likeness (QED) is 0.367. The molecule has 3 heterocycles. The van der Waals surface area contributed by atoms with E-state index in [-0.39, 0.29) is 17.6 Å². The lowest BCUT2D eigenvalue weighted by molar-refractivity contribution is -0.138. The molecular formula is C27H36Cl2N4O3. The summed E-state index contributed by atoms with van der Waals surface area (Å²) >= 11 is 12.3. The number of rotatable bonds is 3. The van der Waals surface area contributed by atoms with Crippen LogP contribution in [0.15, 0.2) is 41.7 Å². The zero-order chi connectivity index (χ0) is 27.5. The lowest BCUT2D eigenvalue weighted by Gasteiger charge is -2.32. The van der Waals surface area contributed by atoms with Gasteiger partial charge in [0.25, 0.3) is 12.4 Å². The fraction of sp³-hybridized carbons (Fsp3) is 0.444. The van der Waals surface area contributed by atoms with Crippen LogP contribution in [-0.4, -0.2) is 45.8 Å². The van der Waals surface area contributed by atoms with E-state index in [2.05, 4.69) is 28.0 Å². The first-order valence-electron chi connectivity index (χ1n) is 11.8. The lowest BCUT2D eigenvalue weighted by Crippen LogP contribution is -2.36. The number of carbonyl (C=O) groups is 2. The van der Waals surface area contributed by atoms with Crippen LogP contribution in [-0.2, 0) is 14.3 Å². The van der Waals surface area contributed by atoms with Crippen molar-refractivity contribution in [2.75, 3.05) is 18.4 Å². The number of hydrogen-bond donors (Lipinski definition) is 1. The fourth-order valence-electron chi connectivity index (χ4n) is 3.71. The van der Waals surface area contributed by atoms with Crippen molar-refractivity contribution >= 4 is 41.4 Å². The van der Waals surface area contributed by atoms with Gasteiger partial charge in [0.1, 0.15) is 17.5 Å². The third kappa shape index (κ3) is 8.04. The summed E-state index contributed by atoms with van der Waals surface area (Å²) < 4.78 is 6.38. The molecule has 0 spiro atoms. The molecule has 36 heavy (non-hydrogen) atoms. The van der Waals surface area contributed by atoms with Crippen molar-refractivity contribution in [1.82, 2.24) is 14.7 Å². The van der Waals surface area contributed by atoms with Crippen LogP contribution < -0.4 is 5.32 Å². The minimum absolute atomic E-state index is 0.0553. The van der Waals surface area contributed by atoms with Gasteiger partial charge in [-0.2, -0.15) is 5.10 Å². The van der Waals surface area contributed by atoms with Crippen molar-refractivity contribution < 1.29 is 14.3 Å². The fourth-order valence-corrected chi connectivity index (χ4v) is 4.01. The standard InChI is InChI=1S/C18H18Cl2N4O.C5H10O2.C2H6.C2H2/c1-11-16(18(25)23-8-2-3-9-23)17(24-15(22-11)6-7-21-24)12-4-5-13(19)14(20)10-12;1-5(2,3)7-4-6;2*1-2/h4-7,10,17,22H,2-3,8-9H2,1H3;4H,1-3H3;1-2H3;1-2H. The first-order valence-corrected chi connectivity index (χ1v) is 12.6. The SMILES string of the molecule is C#C.CC.CC(C)(C)OC=O.CC1=C(C(=O)N2CCCC2)C(c2ccc(Cl)c(Cl)c2)n2nccc2N1. The smallest absolute Gasteiger partial charge is 0.293 e. The third-order valence-electron chi connectivity index (χ3n) is 5.19. The number of carbonyl (C=O) groups excluding carboxylic acids is 2. The van der Waals surface area contributed by atoms with E-state index in [9.17, 15) is 9.59 Å². The van der Waals surface area contributed by atoms with Gasteiger partial charge in [-0.15, -0.1) is 12.8 Å². The number of likely N-dealkylation sites (tertiary alicyclic amines) is 1. The van der Waals surface area contributed by atoms with E-state index in [0.29, 0.717) is 22.1 Å². The average Bonchev–Trinajstić information content (AvgIpc) is 3.54. The summed E-state index contributed by atoms with van der Waals surface area (Å²) in [4.78, 5) is 24.7. The van der Waals surface area contributed by atoms with Gasteiger partial charge in [0, 0.05) is 24.9 Å². The third-order valence-corrected chi connectivity index (χ3v) is 5.93. The number of fused-ring (bicyclic) bond motifs is 1. The Kier molecular flexibility index (Phi) is 12.6. The molecule has 7 nitrogen and oxygen atoms in total. The number of ether oxygens (including phenoxy) is 1. The molecule has 1 fully saturated rings. The summed E-state index contributed by atoms with van der Waals surface area (Å²) in [6.07, 6.45) is 11.8. The molecule has 0 saturated carbocycles. The highest BCUT2D eigenvalue weighted by molar-refractivity contribution is 6.42. The molecule has 2 aliphatic rings. The topological polar surface area (TPSA) is 76.5 Å². The Bertz CT molecular complexity index is 1060. The predicted molar refractivity (Wildman–Crippen MR) is 147 cm³/mol. The van der Waals surface area contributed by atoms with Crippen LogP contribution in [0.4, 0.5) is 5.82 Å². The van der Waals surface area contributed by atoms with Crippen LogP contribution in [0.25, 0.3) is 0 Å². The van der Waals surface area contributed by atoms with E-state index < -0.39 is 0 Å². The maximum absolute atomic E-state index is 13.2. The Hall–Kier alpha value is -2.95. The zero-order valence-corrected chi connectivity index (χ0v) is 23.4. The Morgan fingerprint density at radius 3 is 2.25 bits per heavy atom. The van der Waals surface area contributed by atoms with Crippen molar-refractivity contribution in [1.29, 1.82) is 0 Å². The molecule has 1 atom stereocenters. The van der Waals surface area contributed by atoms with Gasteiger partial charge in [0.15, 0.2) is 0 Å². The summed E-state index contributed by atoms with van der Waals surface area (Å²) in [5.74, 6) is 0.909. The van der Waals surface area contributed by atoms with Gasteiger partial charge in [-0.3, -0.25) is 9.59 Å². The molecular weight excluding hydrogens is 499 g/mol. The maximum atomic E-state index is 13.2. The Balaban J connectivity index is 0.000000506. The monoisotopic (exact) mass is 534 g/mol. The molecule has 0 bridgehead atoms. The highest BCUT2D eigenvalue weighted by Gasteiger charge is 2.35. The van der Waals surface area contributed by atoms with Crippen LogP contribution in [0.2, 0.25) is 10.0 Å². The second-order valence-electron chi connectivity index (χ2n) is 8.73. The summed E-state index contributed by atoms with van der Waals surface area (Å²) in [5.41, 5.74) is 2.13. The van der Waals surface area contributed by atoms with Gasteiger partial charge in [0.05, 0.1) is 21.8 Å². The van der Waals surface area contributed by atoms with Crippen molar-refractivity contribution in [2.45, 2.75) is 66.0 Å². The van der Waals surface area contributed by atoms with Gasteiger partial charge in [-0.1, -0.05) is 43.1 Å². The molecule has 2 aliphatic heterocycles. The normalized spacial score (nSPS) is 16.1. The molecule has 196 valence electrons. The van der Waals surface area contributed by atoms with Crippen LogP contribution in [0, 0.1) is 12.8 Å². The number of hydrogen-bond acceptors (Lipinski definition) is 5. The van der Waals surface area contributed by atoms with E-state index in [1.54, 1.807) is 12.3 Å². The largest absolute Gasteiger partial charge is 0.462 e. The summed E-state index contributed by atoms with van der Waals surface area (Å²) in [7, 11) is 0. The van der Waals surface area contributed by atoms with Gasteiger partial charge in [-0.25, -0.2) is 4.68 Å². The summed E-state index contributed by atoms with van der Waals surface area (Å²) in [5, 5.41) is 8.69. The van der Waals surface area contributed by atoms with Crippen LogP contribution in [0.5, 0.6) is 0 Å². The van der Waals surface area contributed by atoms with Gasteiger partial charge in [-0.05, 0) is 58.2 Å². The molecule has 1 N–H and O–H groups in total. The molecule has 0 radical (unpaired) electrons. The summed E-state index contributed by atoms with van der Waals surface area (Å²) in [6.45, 7) is 13.5. The van der Waals surface area contributed by atoms with E-state index in [1.807, 2.05) is 69.3 Å². The highest BCUT2D eigenvalue weighted by Crippen LogP contribution is 2.38. The summed E-state index contributed by atoms with van der Waals surface area (Å²) in [6, 6.07) is 7.05. The number of terminal acetylenes is 1. The van der Waals surface area contributed by atoms with Gasteiger partial charge in [0.2, 0.25) is 0 Å². The van der Waals surface area contributed by atoms with Crippen molar-refractivity contribution in [3.05, 3.63) is 57.3 Å². The van der Waals surface area contributed by atoms with Crippen molar-refractivity contribution in [3.63, 3.8) is 0 Å². The molecule has 1 aromatic heterocycles. The average molecular weight is 536 g/mol. The molecule has 1 saturated heterocycles. The van der Waals surface area contributed by atoms with E-state index in [0.717, 1.165) is 43.0 Å². The first-order chi connectivity index (χ1) is 17.1. The Morgan fingerprint density at radius 2 is 1.75 bits per heavy atom. The molecule has 2 aromatic rings. The Labute approximate surface area is 224 Å². The number of aromatic nitrogens is 2. The molecule has 1 amide bonds. The van der Waals surface area contributed by atoms with E-state index >= 15 is 0 Å². The van der Waals surface area contributed by atoms with E-state index in [4.69, 9.17) is 23.2 Å². The minimum atomic E-state index is -0.325. The predicted octanol–water partition coefficient (Wildman–Crippen LogP) is 6.33. The minimum Gasteiger partial charge on any atom is -0.462 e. The zero-order valence-electron chi connectivity index (χ0n) is 21.8. The highest BCUT2D eigenvalue weighted by atomic mass is 35.5. The molecule has 0 aliphatic carbocycles. The second kappa shape index (κ2) is 14.6.